The number of carbonyl (C=O) groups is 1. The highest BCUT2D eigenvalue weighted by atomic mass is 17.2. The molecule has 0 saturated carbocycles. The van der Waals surface area contributed by atoms with E-state index in [-0.39, 0.29) is 5.91 Å². The van der Waals surface area contributed by atoms with Crippen molar-refractivity contribution in [2.24, 2.45) is 15.4 Å². The summed E-state index contributed by atoms with van der Waals surface area (Å²) in [6.07, 6.45) is -0.374. The average Bonchev–Trinajstić information content (AvgIpc) is 3.16. The van der Waals surface area contributed by atoms with Crippen LogP contribution < -0.4 is 4.74 Å². The van der Waals surface area contributed by atoms with Gasteiger partial charge in [-0.15, -0.1) is 0 Å². The Labute approximate surface area is 207 Å². The maximum absolute atomic E-state index is 13.7. The number of aliphatic imine (C=N–C) groups is 2. The van der Waals surface area contributed by atoms with Crippen LogP contribution >= 0.6 is 0 Å². The lowest BCUT2D eigenvalue weighted by Crippen LogP contribution is -2.49. The van der Waals surface area contributed by atoms with Crippen LogP contribution in [0.2, 0.25) is 0 Å². The predicted molar refractivity (Wildman–Crippen MR) is 136 cm³/mol. The number of hydrogen-bond donors (Lipinski definition) is 0. The Morgan fingerprint density at radius 1 is 0.914 bits per heavy atom. The van der Waals surface area contributed by atoms with E-state index in [1.54, 1.807) is 12.0 Å². The van der Waals surface area contributed by atoms with Crippen LogP contribution in [0.1, 0.15) is 52.7 Å². The smallest absolute Gasteiger partial charge is 0.277 e. The maximum atomic E-state index is 13.7. The zero-order chi connectivity index (χ0) is 25.4. The zero-order valence-electron chi connectivity index (χ0n) is 21.5. The molecular weight excluding hydrogens is 442 g/mol. The number of benzene rings is 2. The fourth-order valence-electron chi connectivity index (χ4n) is 3.86. The first-order chi connectivity index (χ1) is 16.5. The van der Waals surface area contributed by atoms with Gasteiger partial charge >= 0.3 is 0 Å². The van der Waals surface area contributed by atoms with Gasteiger partial charge in [0.2, 0.25) is 6.23 Å². The molecule has 0 bridgehead atoms. The van der Waals surface area contributed by atoms with Crippen molar-refractivity contribution in [2.45, 2.75) is 59.8 Å². The fourth-order valence-corrected chi connectivity index (χ4v) is 3.86. The molecule has 7 heteroatoms. The van der Waals surface area contributed by atoms with Crippen LogP contribution in [0.15, 0.2) is 76.1 Å². The van der Waals surface area contributed by atoms with Crippen molar-refractivity contribution < 1.29 is 19.3 Å². The maximum Gasteiger partial charge on any atom is 0.277 e. The molecule has 0 radical (unpaired) electrons. The molecule has 35 heavy (non-hydrogen) atoms. The molecule has 0 N–H and O–H groups in total. The van der Waals surface area contributed by atoms with Gasteiger partial charge in [0.25, 0.3) is 5.91 Å². The summed E-state index contributed by atoms with van der Waals surface area (Å²) in [5.41, 5.74) is 2.58. The van der Waals surface area contributed by atoms with Crippen molar-refractivity contribution in [3.05, 3.63) is 77.2 Å². The Kier molecular flexibility index (Phi) is 6.66. The van der Waals surface area contributed by atoms with Crippen LogP contribution in [0.25, 0.3) is 0 Å². The van der Waals surface area contributed by atoms with E-state index in [0.29, 0.717) is 29.4 Å². The number of nitrogens with zero attached hydrogens (tertiary/aromatic N) is 3. The van der Waals surface area contributed by atoms with Gasteiger partial charge in [0, 0.05) is 17.4 Å². The zero-order valence-corrected chi connectivity index (χ0v) is 21.5. The largest absolute Gasteiger partial charge is 0.497 e. The Balaban J connectivity index is 1.87. The third-order valence-electron chi connectivity index (χ3n) is 5.55. The number of hydrogen-bond acceptors (Lipinski definition) is 6. The molecule has 2 aliphatic heterocycles. The Morgan fingerprint density at radius 2 is 1.57 bits per heavy atom. The van der Waals surface area contributed by atoms with Gasteiger partial charge < -0.3 is 4.74 Å². The molecule has 7 nitrogen and oxygen atoms in total. The molecule has 2 heterocycles. The van der Waals surface area contributed by atoms with E-state index in [4.69, 9.17) is 24.5 Å². The Morgan fingerprint density at radius 3 is 2.14 bits per heavy atom. The highest BCUT2D eigenvalue weighted by Gasteiger charge is 2.47. The highest BCUT2D eigenvalue weighted by molar-refractivity contribution is 6.43. The van der Waals surface area contributed by atoms with Crippen molar-refractivity contribution >= 4 is 17.3 Å². The normalized spacial score (nSPS) is 18.4. The molecule has 0 saturated heterocycles. The van der Waals surface area contributed by atoms with Crippen LogP contribution in [0, 0.1) is 5.41 Å². The minimum atomic E-state index is -0.895. The lowest BCUT2D eigenvalue weighted by atomic mass is 9.89. The summed E-state index contributed by atoms with van der Waals surface area (Å²) >= 11 is 0. The van der Waals surface area contributed by atoms with Gasteiger partial charge in [0.05, 0.1) is 18.4 Å². The minimum Gasteiger partial charge on any atom is -0.497 e. The van der Waals surface area contributed by atoms with E-state index >= 15 is 0 Å². The molecule has 2 aromatic rings. The van der Waals surface area contributed by atoms with Gasteiger partial charge in [0.1, 0.15) is 17.2 Å². The lowest BCUT2D eigenvalue weighted by molar-refractivity contribution is -0.374. The number of methoxy groups -OCH3 is 1. The summed E-state index contributed by atoms with van der Waals surface area (Å²) in [5, 5.41) is 0. The van der Waals surface area contributed by atoms with E-state index in [9.17, 15) is 4.79 Å². The van der Waals surface area contributed by atoms with Crippen molar-refractivity contribution in [1.29, 1.82) is 0 Å². The van der Waals surface area contributed by atoms with E-state index in [1.165, 1.54) is 0 Å². The SMILES string of the molecule is COc1ccc(C2=NC(Cc3ccccc3)=C3N=C(C(C)(C)C)C(=O)N3C2OOC(C)(C)C)cc1. The Bertz CT molecular complexity index is 1180. The van der Waals surface area contributed by atoms with Gasteiger partial charge in [-0.2, -0.15) is 0 Å². The molecule has 184 valence electrons. The molecule has 2 aliphatic rings. The molecule has 2 aromatic carbocycles. The fraction of sp³-hybridized carbons (Fsp3) is 0.393. The number of fused-ring (bicyclic) bond motifs is 1. The van der Waals surface area contributed by atoms with Crippen molar-refractivity contribution in [3.8, 4) is 5.75 Å². The summed E-state index contributed by atoms with van der Waals surface area (Å²) in [4.78, 5) is 36.8. The first kappa shape index (κ1) is 24.8. The second kappa shape index (κ2) is 9.40. The molecular formula is C28H33N3O4. The van der Waals surface area contributed by atoms with Crippen molar-refractivity contribution in [2.75, 3.05) is 7.11 Å². The van der Waals surface area contributed by atoms with Gasteiger partial charge in [0.15, 0.2) is 5.82 Å². The van der Waals surface area contributed by atoms with Crippen LogP contribution in [-0.4, -0.2) is 41.2 Å². The van der Waals surface area contributed by atoms with Crippen LogP contribution in [0.4, 0.5) is 0 Å². The number of ether oxygens (including phenoxy) is 1. The molecule has 1 atom stereocenters. The van der Waals surface area contributed by atoms with E-state index in [2.05, 4.69) is 0 Å². The molecule has 1 unspecified atom stereocenters. The number of allylic oxidation sites excluding steroid dienone is 1. The topological polar surface area (TPSA) is 72.7 Å². The summed E-state index contributed by atoms with van der Waals surface area (Å²) in [6, 6.07) is 17.6. The summed E-state index contributed by atoms with van der Waals surface area (Å²) in [7, 11) is 1.62. The van der Waals surface area contributed by atoms with Crippen molar-refractivity contribution in [3.63, 3.8) is 0 Å². The number of amides is 1. The predicted octanol–water partition coefficient (Wildman–Crippen LogP) is 5.31. The molecule has 0 spiro atoms. The first-order valence-electron chi connectivity index (χ1n) is 11.8. The summed E-state index contributed by atoms with van der Waals surface area (Å²) < 4.78 is 5.33. The molecule has 1 amide bonds. The van der Waals surface area contributed by atoms with Crippen molar-refractivity contribution in [1.82, 2.24) is 4.90 Å². The third kappa shape index (κ3) is 5.36. The van der Waals surface area contributed by atoms with Crippen LogP contribution in [0.5, 0.6) is 5.75 Å². The second-order valence-corrected chi connectivity index (χ2v) is 10.7. The quantitative estimate of drug-likeness (QED) is 0.419. The van der Waals surface area contributed by atoms with Gasteiger partial charge in [-0.1, -0.05) is 51.1 Å². The first-order valence-corrected chi connectivity index (χ1v) is 11.8. The monoisotopic (exact) mass is 475 g/mol. The second-order valence-electron chi connectivity index (χ2n) is 10.7. The molecule has 0 aromatic heterocycles. The van der Waals surface area contributed by atoms with Gasteiger partial charge in [-0.3, -0.25) is 9.69 Å². The standard InChI is InChI=1S/C28H33N3O4/c1-27(2,3)23-25(32)31-24(30-23)21(17-18-11-9-8-10-12-18)29-22(26(31)34-35-28(4,5)6)19-13-15-20(33-7)16-14-19/h8-16,26H,17H2,1-7H3. The summed E-state index contributed by atoms with van der Waals surface area (Å²) in [5.74, 6) is 1.02. The third-order valence-corrected chi connectivity index (χ3v) is 5.55. The lowest BCUT2D eigenvalue weighted by Gasteiger charge is -2.34. The molecule has 0 fully saturated rings. The molecule has 0 aliphatic carbocycles. The van der Waals surface area contributed by atoms with E-state index < -0.39 is 17.2 Å². The van der Waals surface area contributed by atoms with Gasteiger partial charge in [-0.05, 0) is 50.6 Å². The van der Waals surface area contributed by atoms with Crippen LogP contribution in [-0.2, 0) is 21.0 Å². The highest BCUT2D eigenvalue weighted by Crippen LogP contribution is 2.36. The average molecular weight is 476 g/mol. The van der Waals surface area contributed by atoms with Gasteiger partial charge in [-0.25, -0.2) is 19.8 Å². The van der Waals surface area contributed by atoms with E-state index in [0.717, 1.165) is 16.9 Å². The van der Waals surface area contributed by atoms with E-state index in [1.807, 2.05) is 96.1 Å². The minimum absolute atomic E-state index is 0.207. The number of carbonyl (C=O) groups excluding carboxylic acids is 1. The molecule has 4 rings (SSSR count). The Hall–Kier alpha value is -3.29. The van der Waals surface area contributed by atoms with Crippen LogP contribution in [0.3, 0.4) is 0 Å². The summed E-state index contributed by atoms with van der Waals surface area (Å²) in [6.45, 7) is 11.6. The number of rotatable bonds is 6.